The molecule has 0 spiro atoms. The van der Waals surface area contributed by atoms with Crippen LogP contribution in [0.2, 0.25) is 0 Å². The summed E-state index contributed by atoms with van der Waals surface area (Å²) in [6.07, 6.45) is 3.57. The summed E-state index contributed by atoms with van der Waals surface area (Å²) >= 11 is 0. The number of aromatic nitrogens is 4. The molecule has 200 valence electrons. The van der Waals surface area contributed by atoms with Crippen molar-refractivity contribution in [2.24, 2.45) is 0 Å². The Bertz CT molecular complexity index is 2520. The van der Waals surface area contributed by atoms with E-state index in [1.807, 2.05) is 36.4 Å². The lowest BCUT2D eigenvalue weighted by atomic mass is 9.99. The van der Waals surface area contributed by atoms with E-state index < -0.39 is 0 Å². The molecule has 6 aromatic carbocycles. The summed E-state index contributed by atoms with van der Waals surface area (Å²) in [5.41, 5.74) is 4.13. The third-order valence-corrected chi connectivity index (χ3v) is 8.18. The Morgan fingerprint density at radius 3 is 2.02 bits per heavy atom. The predicted molar refractivity (Wildman–Crippen MR) is 174 cm³/mol. The lowest BCUT2D eigenvalue weighted by Crippen LogP contribution is -2.00. The van der Waals surface area contributed by atoms with Gasteiger partial charge in [-0.15, -0.1) is 0 Å². The monoisotopic (exact) mass is 550 g/mol. The molecule has 9 rings (SSSR count). The summed E-state index contributed by atoms with van der Waals surface area (Å²) in [5.74, 6) is 1.78. The van der Waals surface area contributed by atoms with Crippen LogP contribution in [-0.4, -0.2) is 19.9 Å². The van der Waals surface area contributed by atoms with Gasteiger partial charge >= 0.3 is 0 Å². The van der Waals surface area contributed by atoms with E-state index >= 15 is 0 Å². The molecule has 0 aliphatic rings. The van der Waals surface area contributed by atoms with Crippen LogP contribution in [0.25, 0.3) is 88.4 Å². The Kier molecular flexibility index (Phi) is 5.13. The van der Waals surface area contributed by atoms with E-state index in [0.29, 0.717) is 17.5 Å². The van der Waals surface area contributed by atoms with Crippen molar-refractivity contribution in [1.82, 2.24) is 19.9 Å². The maximum Gasteiger partial charge on any atom is 0.167 e. The SMILES string of the molecule is c1ccc(-c2nc(-c3ccc4c(ccc5ccccc54)c3)nc(-c3cc4ccccc4c4c3oc3cnccc34)n2)cc1. The van der Waals surface area contributed by atoms with Gasteiger partial charge in [0.05, 0.1) is 11.8 Å². The lowest BCUT2D eigenvalue weighted by Gasteiger charge is -2.11. The minimum absolute atomic E-state index is 0.560. The maximum absolute atomic E-state index is 6.47. The first-order valence-corrected chi connectivity index (χ1v) is 14.2. The number of furan rings is 1. The molecule has 0 aliphatic carbocycles. The number of fused-ring (bicyclic) bond motifs is 8. The van der Waals surface area contributed by atoms with Crippen LogP contribution in [0, 0.1) is 0 Å². The molecule has 0 amide bonds. The fourth-order valence-corrected chi connectivity index (χ4v) is 6.14. The van der Waals surface area contributed by atoms with Crippen LogP contribution in [0.3, 0.4) is 0 Å². The standard InChI is InChI=1S/C38H22N4O/c1-2-9-24(10-3-1)36-40-37(27-16-17-29-26(20-27)15-14-23-8-4-6-12-28(23)29)42-38(41-36)32-21-25-11-5-7-13-30(25)34-31-18-19-39-22-33(31)43-35(32)34/h1-22H. The Morgan fingerprint density at radius 1 is 0.465 bits per heavy atom. The molecular formula is C38H22N4O. The van der Waals surface area contributed by atoms with Crippen molar-refractivity contribution in [3.63, 3.8) is 0 Å². The average Bonchev–Trinajstić information content (AvgIpc) is 3.48. The van der Waals surface area contributed by atoms with Crippen LogP contribution in [0.5, 0.6) is 0 Å². The fraction of sp³-hybridized carbons (Fsp3) is 0. The molecule has 0 radical (unpaired) electrons. The Hall–Kier alpha value is -5.94. The van der Waals surface area contributed by atoms with Gasteiger partial charge in [0.25, 0.3) is 0 Å². The quantitative estimate of drug-likeness (QED) is 0.205. The minimum Gasteiger partial charge on any atom is -0.454 e. The minimum atomic E-state index is 0.560. The predicted octanol–water partition coefficient (Wildman–Crippen LogP) is 9.63. The lowest BCUT2D eigenvalue weighted by molar-refractivity contribution is 0.667. The zero-order chi connectivity index (χ0) is 28.3. The molecular weight excluding hydrogens is 528 g/mol. The van der Waals surface area contributed by atoms with Crippen molar-refractivity contribution in [2.75, 3.05) is 0 Å². The number of benzene rings is 6. The highest BCUT2D eigenvalue weighted by Gasteiger charge is 2.20. The van der Waals surface area contributed by atoms with Crippen LogP contribution < -0.4 is 0 Å². The Balaban J connectivity index is 1.33. The van der Waals surface area contributed by atoms with Crippen molar-refractivity contribution < 1.29 is 4.42 Å². The number of nitrogens with zero attached hydrogens (tertiary/aromatic N) is 4. The van der Waals surface area contributed by atoms with E-state index in [1.54, 1.807) is 12.4 Å². The van der Waals surface area contributed by atoms with E-state index in [1.165, 1.54) is 16.2 Å². The second-order valence-electron chi connectivity index (χ2n) is 10.7. The zero-order valence-electron chi connectivity index (χ0n) is 22.9. The van der Waals surface area contributed by atoms with E-state index in [9.17, 15) is 0 Å². The molecule has 0 unspecified atom stereocenters. The normalized spacial score (nSPS) is 11.7. The molecule has 0 N–H and O–H groups in total. The van der Waals surface area contributed by atoms with Crippen LogP contribution in [0.15, 0.2) is 138 Å². The van der Waals surface area contributed by atoms with Crippen molar-refractivity contribution in [2.45, 2.75) is 0 Å². The van der Waals surface area contributed by atoms with Gasteiger partial charge in [0.15, 0.2) is 23.1 Å². The van der Waals surface area contributed by atoms with Gasteiger partial charge in [-0.25, -0.2) is 15.0 Å². The fourth-order valence-electron chi connectivity index (χ4n) is 6.14. The van der Waals surface area contributed by atoms with Crippen LogP contribution in [0.1, 0.15) is 0 Å². The Labute approximate surface area is 246 Å². The number of rotatable bonds is 3. The molecule has 0 aliphatic heterocycles. The zero-order valence-corrected chi connectivity index (χ0v) is 22.9. The molecule has 0 saturated heterocycles. The average molecular weight is 551 g/mol. The van der Waals surface area contributed by atoms with Gasteiger partial charge in [-0.3, -0.25) is 4.98 Å². The summed E-state index contributed by atoms with van der Waals surface area (Å²) in [5, 5.41) is 9.04. The summed E-state index contributed by atoms with van der Waals surface area (Å²) in [7, 11) is 0. The first-order chi connectivity index (χ1) is 21.3. The maximum atomic E-state index is 6.47. The molecule has 9 aromatic rings. The summed E-state index contributed by atoms with van der Waals surface area (Å²) < 4.78 is 6.47. The summed E-state index contributed by atoms with van der Waals surface area (Å²) in [6, 6.07) is 41.7. The van der Waals surface area contributed by atoms with Crippen LogP contribution in [-0.2, 0) is 0 Å². The summed E-state index contributed by atoms with van der Waals surface area (Å²) in [6.45, 7) is 0. The smallest absolute Gasteiger partial charge is 0.167 e. The van der Waals surface area contributed by atoms with Crippen molar-refractivity contribution in [1.29, 1.82) is 0 Å². The largest absolute Gasteiger partial charge is 0.454 e. The molecule has 3 heterocycles. The molecule has 5 heteroatoms. The van der Waals surface area contributed by atoms with Gasteiger partial charge in [-0.1, -0.05) is 103 Å². The molecule has 5 nitrogen and oxygen atoms in total. The molecule has 3 aromatic heterocycles. The Morgan fingerprint density at radius 2 is 1.14 bits per heavy atom. The van der Waals surface area contributed by atoms with Gasteiger partial charge in [0.2, 0.25) is 0 Å². The molecule has 0 atom stereocenters. The van der Waals surface area contributed by atoms with E-state index in [2.05, 4.69) is 89.9 Å². The van der Waals surface area contributed by atoms with Crippen molar-refractivity contribution in [3.8, 4) is 34.2 Å². The van der Waals surface area contributed by atoms with Crippen molar-refractivity contribution in [3.05, 3.63) is 134 Å². The van der Waals surface area contributed by atoms with Crippen molar-refractivity contribution >= 4 is 54.3 Å². The van der Waals surface area contributed by atoms with E-state index in [4.69, 9.17) is 19.4 Å². The second kappa shape index (κ2) is 9.29. The topological polar surface area (TPSA) is 64.7 Å². The molecule has 0 saturated carbocycles. The van der Waals surface area contributed by atoms with Gasteiger partial charge in [0.1, 0.15) is 5.58 Å². The van der Waals surface area contributed by atoms with Crippen LogP contribution in [0.4, 0.5) is 0 Å². The highest BCUT2D eigenvalue weighted by Crippen LogP contribution is 2.40. The molecule has 0 fully saturated rings. The number of hydrogen-bond donors (Lipinski definition) is 0. The number of pyridine rings is 1. The highest BCUT2D eigenvalue weighted by atomic mass is 16.3. The third kappa shape index (κ3) is 3.79. The molecule has 0 bridgehead atoms. The van der Waals surface area contributed by atoms with E-state index in [-0.39, 0.29) is 0 Å². The summed E-state index contributed by atoms with van der Waals surface area (Å²) in [4.78, 5) is 19.4. The van der Waals surface area contributed by atoms with Crippen LogP contribution >= 0.6 is 0 Å². The van der Waals surface area contributed by atoms with Gasteiger partial charge < -0.3 is 4.42 Å². The van der Waals surface area contributed by atoms with Gasteiger partial charge in [-0.2, -0.15) is 0 Å². The third-order valence-electron chi connectivity index (χ3n) is 8.18. The number of hydrogen-bond acceptors (Lipinski definition) is 5. The van der Waals surface area contributed by atoms with E-state index in [0.717, 1.165) is 54.8 Å². The first kappa shape index (κ1) is 23.7. The van der Waals surface area contributed by atoms with Gasteiger partial charge in [-0.05, 0) is 50.5 Å². The first-order valence-electron chi connectivity index (χ1n) is 14.2. The second-order valence-corrected chi connectivity index (χ2v) is 10.7. The highest BCUT2D eigenvalue weighted by molar-refractivity contribution is 6.22. The van der Waals surface area contributed by atoms with Gasteiger partial charge in [0, 0.05) is 28.1 Å². The molecule has 43 heavy (non-hydrogen) atoms.